The number of pyridine rings is 1. The number of carbonyl (C=O) groups excluding carboxylic acids is 1. The molecular weight excluding hydrogens is 276 g/mol. The summed E-state index contributed by atoms with van der Waals surface area (Å²) in [6.45, 7) is 4.00. The molecule has 2 rings (SSSR count). The molecule has 2 aromatic rings. The standard InChI is InChI=1S/C18H18N2O2/c1-14(21)16-8-5-15(6-9-16)7-10-18(22)20-13-11-17-4-2-3-12-19-17/h2-10,12,21H,1,11,13H2,(H,20,22)/b10-7+. The van der Waals surface area contributed by atoms with Crippen LogP contribution in [0.1, 0.15) is 16.8 Å². The summed E-state index contributed by atoms with van der Waals surface area (Å²) in [6.07, 6.45) is 5.65. The van der Waals surface area contributed by atoms with E-state index in [2.05, 4.69) is 16.9 Å². The first kappa shape index (κ1) is 15.5. The van der Waals surface area contributed by atoms with Crippen LogP contribution in [0.3, 0.4) is 0 Å². The van der Waals surface area contributed by atoms with E-state index < -0.39 is 0 Å². The molecule has 4 heteroatoms. The molecule has 1 heterocycles. The number of aliphatic hydroxyl groups excluding tert-OH is 1. The van der Waals surface area contributed by atoms with Gasteiger partial charge < -0.3 is 10.4 Å². The lowest BCUT2D eigenvalue weighted by Crippen LogP contribution is -2.23. The average molecular weight is 294 g/mol. The monoisotopic (exact) mass is 294 g/mol. The van der Waals surface area contributed by atoms with Gasteiger partial charge in [0.15, 0.2) is 0 Å². The highest BCUT2D eigenvalue weighted by molar-refractivity contribution is 5.91. The van der Waals surface area contributed by atoms with Crippen molar-refractivity contribution in [2.45, 2.75) is 6.42 Å². The van der Waals surface area contributed by atoms with Crippen LogP contribution in [0.4, 0.5) is 0 Å². The van der Waals surface area contributed by atoms with Crippen molar-refractivity contribution in [2.24, 2.45) is 0 Å². The zero-order valence-corrected chi connectivity index (χ0v) is 12.2. The van der Waals surface area contributed by atoms with Crippen molar-refractivity contribution in [1.82, 2.24) is 10.3 Å². The van der Waals surface area contributed by atoms with Crippen molar-refractivity contribution in [3.05, 3.63) is 78.1 Å². The summed E-state index contributed by atoms with van der Waals surface area (Å²) in [5.74, 6) is -0.116. The molecule has 1 aromatic heterocycles. The molecular formula is C18H18N2O2. The van der Waals surface area contributed by atoms with Crippen LogP contribution in [0.25, 0.3) is 11.8 Å². The van der Waals surface area contributed by atoms with Gasteiger partial charge in [0.2, 0.25) is 5.91 Å². The molecule has 0 aliphatic rings. The van der Waals surface area contributed by atoms with Crippen molar-refractivity contribution in [3.8, 4) is 0 Å². The highest BCUT2D eigenvalue weighted by Gasteiger charge is 1.98. The second-order valence-corrected chi connectivity index (χ2v) is 4.76. The molecule has 0 spiro atoms. The van der Waals surface area contributed by atoms with Gasteiger partial charge in [-0.05, 0) is 23.8 Å². The predicted molar refractivity (Wildman–Crippen MR) is 88.1 cm³/mol. The van der Waals surface area contributed by atoms with Crippen LogP contribution >= 0.6 is 0 Å². The molecule has 112 valence electrons. The number of amides is 1. The summed E-state index contributed by atoms with van der Waals surface area (Å²) in [7, 11) is 0. The third-order valence-corrected chi connectivity index (χ3v) is 3.08. The Kier molecular flexibility index (Phi) is 5.49. The molecule has 0 aliphatic carbocycles. The molecule has 0 fully saturated rings. The fourth-order valence-corrected chi connectivity index (χ4v) is 1.88. The van der Waals surface area contributed by atoms with E-state index in [0.29, 0.717) is 18.5 Å². The second-order valence-electron chi connectivity index (χ2n) is 4.76. The normalized spacial score (nSPS) is 10.5. The third-order valence-electron chi connectivity index (χ3n) is 3.08. The van der Waals surface area contributed by atoms with Gasteiger partial charge in [0.05, 0.1) is 0 Å². The summed E-state index contributed by atoms with van der Waals surface area (Å²) < 4.78 is 0. The maximum absolute atomic E-state index is 11.7. The van der Waals surface area contributed by atoms with Gasteiger partial charge in [-0.15, -0.1) is 0 Å². The zero-order chi connectivity index (χ0) is 15.8. The van der Waals surface area contributed by atoms with Gasteiger partial charge in [0.25, 0.3) is 0 Å². The Labute approximate surface area is 129 Å². The molecule has 2 N–H and O–H groups in total. The first-order valence-electron chi connectivity index (χ1n) is 6.99. The number of aliphatic hydroxyl groups is 1. The summed E-state index contributed by atoms with van der Waals surface area (Å²) in [6, 6.07) is 12.8. The van der Waals surface area contributed by atoms with Gasteiger partial charge in [0, 0.05) is 36.5 Å². The Balaban J connectivity index is 1.80. The smallest absolute Gasteiger partial charge is 0.244 e. The Bertz CT molecular complexity index is 661. The number of hydrogen-bond acceptors (Lipinski definition) is 3. The fraction of sp³-hybridized carbons (Fsp3) is 0.111. The van der Waals surface area contributed by atoms with Gasteiger partial charge >= 0.3 is 0 Å². The fourth-order valence-electron chi connectivity index (χ4n) is 1.88. The largest absolute Gasteiger partial charge is 0.508 e. The van der Waals surface area contributed by atoms with E-state index >= 15 is 0 Å². The minimum atomic E-state index is -0.147. The number of carbonyl (C=O) groups is 1. The van der Waals surface area contributed by atoms with E-state index in [1.807, 2.05) is 30.3 Å². The maximum Gasteiger partial charge on any atom is 0.244 e. The molecule has 0 aliphatic heterocycles. The first-order chi connectivity index (χ1) is 10.6. The quantitative estimate of drug-likeness (QED) is 0.636. The molecule has 1 amide bonds. The molecule has 4 nitrogen and oxygen atoms in total. The van der Waals surface area contributed by atoms with Crippen LogP contribution in [-0.2, 0) is 11.2 Å². The minimum Gasteiger partial charge on any atom is -0.508 e. The Morgan fingerprint density at radius 2 is 2.00 bits per heavy atom. The number of aromatic nitrogens is 1. The molecule has 0 radical (unpaired) electrons. The van der Waals surface area contributed by atoms with E-state index in [4.69, 9.17) is 0 Å². The number of nitrogens with one attached hydrogen (secondary N) is 1. The van der Waals surface area contributed by atoms with Crippen molar-refractivity contribution in [1.29, 1.82) is 0 Å². The van der Waals surface area contributed by atoms with Gasteiger partial charge in [-0.2, -0.15) is 0 Å². The van der Waals surface area contributed by atoms with Gasteiger partial charge in [-0.1, -0.05) is 36.9 Å². The molecule has 1 aromatic carbocycles. The van der Waals surface area contributed by atoms with Gasteiger partial charge in [-0.25, -0.2) is 0 Å². The third kappa shape index (κ3) is 4.90. The summed E-state index contributed by atoms with van der Waals surface area (Å²) >= 11 is 0. The van der Waals surface area contributed by atoms with Crippen LogP contribution in [0.5, 0.6) is 0 Å². The molecule has 0 bridgehead atoms. The number of hydrogen-bond donors (Lipinski definition) is 2. The van der Waals surface area contributed by atoms with Gasteiger partial charge in [-0.3, -0.25) is 9.78 Å². The molecule has 0 saturated heterocycles. The number of benzene rings is 1. The Morgan fingerprint density at radius 3 is 2.64 bits per heavy atom. The SMILES string of the molecule is C=C(O)c1ccc(/C=C/C(=O)NCCc2ccccn2)cc1. The van der Waals surface area contributed by atoms with Crippen LogP contribution < -0.4 is 5.32 Å². The lowest BCUT2D eigenvalue weighted by molar-refractivity contribution is -0.116. The predicted octanol–water partition coefficient (Wildman–Crippen LogP) is 2.98. The van der Waals surface area contributed by atoms with E-state index in [1.54, 1.807) is 24.4 Å². The number of nitrogens with zero attached hydrogens (tertiary/aromatic N) is 1. The average Bonchev–Trinajstić information content (AvgIpc) is 2.54. The molecule has 0 saturated carbocycles. The lowest BCUT2D eigenvalue weighted by atomic mass is 10.1. The molecule has 22 heavy (non-hydrogen) atoms. The van der Waals surface area contributed by atoms with E-state index in [0.717, 1.165) is 11.3 Å². The lowest BCUT2D eigenvalue weighted by Gasteiger charge is -2.02. The van der Waals surface area contributed by atoms with Crippen molar-refractivity contribution < 1.29 is 9.90 Å². The second kappa shape index (κ2) is 7.78. The van der Waals surface area contributed by atoms with Gasteiger partial charge in [0.1, 0.15) is 5.76 Å². The van der Waals surface area contributed by atoms with E-state index in [-0.39, 0.29) is 11.7 Å². The highest BCUT2D eigenvalue weighted by Crippen LogP contribution is 2.11. The zero-order valence-electron chi connectivity index (χ0n) is 12.2. The molecule has 0 atom stereocenters. The van der Waals surface area contributed by atoms with Crippen LogP contribution in [0.2, 0.25) is 0 Å². The maximum atomic E-state index is 11.7. The van der Waals surface area contributed by atoms with E-state index in [1.165, 1.54) is 6.08 Å². The van der Waals surface area contributed by atoms with Crippen LogP contribution in [0.15, 0.2) is 61.3 Å². The molecule has 0 unspecified atom stereocenters. The Morgan fingerprint density at radius 1 is 1.23 bits per heavy atom. The van der Waals surface area contributed by atoms with Crippen molar-refractivity contribution >= 4 is 17.7 Å². The van der Waals surface area contributed by atoms with E-state index in [9.17, 15) is 9.90 Å². The highest BCUT2D eigenvalue weighted by atomic mass is 16.3. The topological polar surface area (TPSA) is 62.2 Å². The number of rotatable bonds is 6. The van der Waals surface area contributed by atoms with Crippen molar-refractivity contribution in [2.75, 3.05) is 6.54 Å². The first-order valence-corrected chi connectivity index (χ1v) is 6.99. The minimum absolute atomic E-state index is 0.0304. The summed E-state index contributed by atoms with van der Waals surface area (Å²) in [5.41, 5.74) is 2.49. The summed E-state index contributed by atoms with van der Waals surface area (Å²) in [5, 5.41) is 12.1. The van der Waals surface area contributed by atoms with Crippen molar-refractivity contribution in [3.63, 3.8) is 0 Å². The summed E-state index contributed by atoms with van der Waals surface area (Å²) in [4.78, 5) is 15.9. The van der Waals surface area contributed by atoms with Crippen LogP contribution in [-0.4, -0.2) is 22.5 Å². The van der Waals surface area contributed by atoms with Crippen LogP contribution in [0, 0.1) is 0 Å². The Hall–Kier alpha value is -2.88.